The lowest BCUT2D eigenvalue weighted by atomic mass is 9.81. The summed E-state index contributed by atoms with van der Waals surface area (Å²) >= 11 is 0. The van der Waals surface area contributed by atoms with Gasteiger partial charge in [-0.05, 0) is 16.2 Å². The Morgan fingerprint density at radius 3 is 1.55 bits per heavy atom. The van der Waals surface area contributed by atoms with E-state index >= 15 is 0 Å². The van der Waals surface area contributed by atoms with Crippen molar-refractivity contribution in [3.8, 4) is 0 Å². The van der Waals surface area contributed by atoms with E-state index in [9.17, 15) is 10.2 Å². The molecule has 3 rings (SSSR count). The Kier molecular flexibility index (Phi) is 12.0. The standard InChI is InChI=1S/C18H30B2O4.C9H19BO4/c1-17(2,3)15-13-9-7-12-20-22-14(16(24-20)18(4,5)6)10-8-11-19(21-13)23-15;1-9(2,3)8(12)7(11)5-4-6-10(13)14/h7-10,13-16H,11-12H2,1-6H3;4-5,7-8,11-14H,6H2,1-3H3/b9-7+,10-8+;5-4+. The van der Waals surface area contributed by atoms with Crippen molar-refractivity contribution in [2.45, 2.75) is 118 Å². The lowest BCUT2D eigenvalue weighted by Gasteiger charge is -2.29. The van der Waals surface area contributed by atoms with E-state index in [1.165, 1.54) is 12.2 Å². The monoisotopic (exact) mass is 534 g/mol. The minimum atomic E-state index is -1.41. The normalized spacial score (nSPS) is 29.7. The molecule has 11 heteroatoms. The van der Waals surface area contributed by atoms with Gasteiger partial charge in [-0.3, -0.25) is 0 Å². The van der Waals surface area contributed by atoms with Crippen LogP contribution in [0.15, 0.2) is 36.5 Å². The van der Waals surface area contributed by atoms with E-state index in [4.69, 9.17) is 28.7 Å². The Morgan fingerprint density at radius 1 is 0.789 bits per heavy atom. The molecule has 214 valence electrons. The number of aliphatic hydroxyl groups is 2. The predicted octanol–water partition coefficient (Wildman–Crippen LogP) is 3.53. The van der Waals surface area contributed by atoms with Crippen molar-refractivity contribution in [2.75, 3.05) is 0 Å². The second kappa shape index (κ2) is 13.6. The van der Waals surface area contributed by atoms with Crippen LogP contribution in [0.25, 0.3) is 0 Å². The van der Waals surface area contributed by atoms with Gasteiger partial charge >= 0.3 is 21.4 Å². The molecule has 0 aromatic carbocycles. The zero-order chi connectivity index (χ0) is 28.9. The van der Waals surface area contributed by atoms with Crippen molar-refractivity contribution < 1.29 is 38.9 Å². The molecule has 4 N–H and O–H groups in total. The van der Waals surface area contributed by atoms with Gasteiger partial charge in [0.15, 0.2) is 0 Å². The molecule has 3 heterocycles. The van der Waals surface area contributed by atoms with E-state index in [0.717, 1.165) is 12.6 Å². The fraction of sp³-hybridized carbons (Fsp3) is 0.778. The number of aliphatic hydroxyl groups excluding tert-OH is 2. The number of hydrogen-bond acceptors (Lipinski definition) is 8. The zero-order valence-electron chi connectivity index (χ0n) is 24.7. The Morgan fingerprint density at radius 2 is 1.21 bits per heavy atom. The zero-order valence-corrected chi connectivity index (χ0v) is 24.7. The minimum absolute atomic E-state index is 0.0153. The first-order valence-electron chi connectivity index (χ1n) is 13.7. The highest BCUT2D eigenvalue weighted by atomic mass is 16.7. The highest BCUT2D eigenvalue weighted by Gasteiger charge is 2.46. The van der Waals surface area contributed by atoms with Crippen molar-refractivity contribution in [2.24, 2.45) is 16.2 Å². The highest BCUT2D eigenvalue weighted by Crippen LogP contribution is 2.36. The Labute approximate surface area is 230 Å². The van der Waals surface area contributed by atoms with Gasteiger partial charge in [0, 0.05) is 19.0 Å². The van der Waals surface area contributed by atoms with Crippen LogP contribution in [-0.4, -0.2) is 78.2 Å². The molecule has 0 spiro atoms. The molecule has 8 nitrogen and oxygen atoms in total. The number of fused-ring (bicyclic) bond motifs is 4. The van der Waals surface area contributed by atoms with E-state index in [2.05, 4.69) is 65.8 Å². The third-order valence-electron chi connectivity index (χ3n) is 6.72. The van der Waals surface area contributed by atoms with Gasteiger partial charge in [-0.25, -0.2) is 0 Å². The van der Waals surface area contributed by atoms with Crippen LogP contribution in [0.2, 0.25) is 19.0 Å². The van der Waals surface area contributed by atoms with Crippen LogP contribution in [0, 0.1) is 16.2 Å². The largest absolute Gasteiger partial charge is 0.461 e. The third-order valence-corrected chi connectivity index (χ3v) is 6.72. The van der Waals surface area contributed by atoms with Crippen LogP contribution < -0.4 is 0 Å². The molecular weight excluding hydrogens is 485 g/mol. The molecular formula is C27H49B3O8. The SMILES string of the molecule is CC(C)(C)C(O)C(O)/C=C/CB(O)O.CC(C)(C)C1OB2C/C=C/C3OB(C/C=C/C1O2)OC3C(C)(C)C. The van der Waals surface area contributed by atoms with Gasteiger partial charge in [-0.15, -0.1) is 0 Å². The maximum absolute atomic E-state index is 9.59. The average molecular weight is 534 g/mol. The predicted molar refractivity (Wildman–Crippen MR) is 153 cm³/mol. The topological polar surface area (TPSA) is 118 Å². The summed E-state index contributed by atoms with van der Waals surface area (Å²) in [5, 5.41) is 36.1. The van der Waals surface area contributed by atoms with Gasteiger partial charge in [0.2, 0.25) is 0 Å². The second-order valence-electron chi connectivity index (χ2n) is 13.7. The molecule has 0 amide bonds. The molecule has 0 aromatic rings. The molecule has 0 aliphatic carbocycles. The molecule has 6 atom stereocenters. The molecule has 3 aliphatic rings. The van der Waals surface area contributed by atoms with Crippen molar-refractivity contribution >= 4 is 21.4 Å². The lowest BCUT2D eigenvalue weighted by Crippen LogP contribution is -2.36. The van der Waals surface area contributed by atoms with Crippen LogP contribution in [0.4, 0.5) is 0 Å². The summed E-state index contributed by atoms with van der Waals surface area (Å²) in [6.45, 7) is 18.6. The van der Waals surface area contributed by atoms with Crippen molar-refractivity contribution in [3.63, 3.8) is 0 Å². The summed E-state index contributed by atoms with van der Waals surface area (Å²) in [6.07, 6.45) is 11.1. The van der Waals surface area contributed by atoms with Crippen LogP contribution in [-0.2, 0) is 18.6 Å². The van der Waals surface area contributed by atoms with Crippen LogP contribution in [0.1, 0.15) is 62.3 Å². The first kappa shape index (κ1) is 33.3. The summed E-state index contributed by atoms with van der Waals surface area (Å²) < 4.78 is 24.6. The van der Waals surface area contributed by atoms with Gasteiger partial charge in [-0.2, -0.15) is 0 Å². The third kappa shape index (κ3) is 10.2. The molecule has 2 saturated heterocycles. The quantitative estimate of drug-likeness (QED) is 0.320. The molecule has 0 aromatic heterocycles. The van der Waals surface area contributed by atoms with Gasteiger partial charge in [0.05, 0.1) is 36.6 Å². The van der Waals surface area contributed by atoms with Crippen molar-refractivity contribution in [1.29, 1.82) is 0 Å². The molecule has 38 heavy (non-hydrogen) atoms. The van der Waals surface area contributed by atoms with Crippen LogP contribution >= 0.6 is 0 Å². The molecule has 2 fully saturated rings. The maximum Gasteiger partial charge on any atom is 0.461 e. The summed E-state index contributed by atoms with van der Waals surface area (Å²) in [5.74, 6) is 0. The number of rotatable bonds is 4. The minimum Gasteiger partial charge on any atom is -0.427 e. The molecule has 0 saturated carbocycles. The van der Waals surface area contributed by atoms with Gasteiger partial charge in [0.25, 0.3) is 0 Å². The first-order valence-corrected chi connectivity index (χ1v) is 13.7. The van der Waals surface area contributed by atoms with Crippen molar-refractivity contribution in [3.05, 3.63) is 36.5 Å². The smallest absolute Gasteiger partial charge is 0.427 e. The van der Waals surface area contributed by atoms with Gasteiger partial charge in [0.1, 0.15) is 0 Å². The lowest BCUT2D eigenvalue weighted by molar-refractivity contribution is -0.0218. The molecule has 3 aliphatic heterocycles. The van der Waals surface area contributed by atoms with Crippen molar-refractivity contribution in [1.82, 2.24) is 0 Å². The summed E-state index contributed by atoms with van der Waals surface area (Å²) in [4.78, 5) is 0. The van der Waals surface area contributed by atoms with E-state index in [-0.39, 0.29) is 55.8 Å². The van der Waals surface area contributed by atoms with Gasteiger partial charge < -0.3 is 38.9 Å². The molecule has 4 bridgehead atoms. The Hall–Kier alpha value is -0.905. The number of allylic oxidation sites excluding steroid dienone is 3. The van der Waals surface area contributed by atoms with E-state index < -0.39 is 24.7 Å². The molecule has 0 radical (unpaired) electrons. The van der Waals surface area contributed by atoms with Crippen LogP contribution in [0.5, 0.6) is 0 Å². The van der Waals surface area contributed by atoms with Crippen LogP contribution in [0.3, 0.4) is 0 Å². The molecule has 6 unspecified atom stereocenters. The summed E-state index contributed by atoms with van der Waals surface area (Å²) in [7, 11) is -1.79. The first-order chi connectivity index (χ1) is 17.4. The van der Waals surface area contributed by atoms with E-state index in [0.29, 0.717) is 0 Å². The highest BCUT2D eigenvalue weighted by molar-refractivity contribution is 6.46. The fourth-order valence-corrected chi connectivity index (χ4v) is 4.55. The van der Waals surface area contributed by atoms with Gasteiger partial charge in [-0.1, -0.05) is 98.8 Å². The Bertz CT molecular complexity index is 767. The second-order valence-corrected chi connectivity index (χ2v) is 13.7. The number of hydrogen-bond donors (Lipinski definition) is 4. The Balaban J connectivity index is 0.000000312. The van der Waals surface area contributed by atoms with E-state index in [1.54, 1.807) is 0 Å². The summed E-state index contributed by atoms with van der Waals surface area (Å²) in [6, 6.07) is 0. The average Bonchev–Trinajstić information content (AvgIpc) is 3.36. The summed E-state index contributed by atoms with van der Waals surface area (Å²) in [5.41, 5.74) is -0.324. The maximum atomic E-state index is 9.59. The fourth-order valence-electron chi connectivity index (χ4n) is 4.55. The van der Waals surface area contributed by atoms with E-state index in [1.807, 2.05) is 20.8 Å².